The number of ether oxygens (including phenoxy) is 3. The number of esters is 1. The number of aryl methyl sites for hydroxylation is 1. The van der Waals surface area contributed by atoms with Crippen LogP contribution >= 0.6 is 0 Å². The molecule has 2 aromatic heterocycles. The van der Waals surface area contributed by atoms with Crippen molar-refractivity contribution >= 4 is 28.5 Å². The first-order chi connectivity index (χ1) is 15.9. The van der Waals surface area contributed by atoms with Crippen LogP contribution < -0.4 is 14.8 Å². The highest BCUT2D eigenvalue weighted by molar-refractivity contribution is 5.85. The molecule has 0 amide bonds. The van der Waals surface area contributed by atoms with Gasteiger partial charge < -0.3 is 19.5 Å². The summed E-state index contributed by atoms with van der Waals surface area (Å²) in [6.07, 6.45) is 3.09. The SMILES string of the molecule is CCOc1cc2nc(NCCCCCC(=O)OCC(C)C)c3nnc(C)n3c2cc1OCC. The van der Waals surface area contributed by atoms with E-state index < -0.39 is 0 Å². The first-order valence-electron chi connectivity index (χ1n) is 11.8. The van der Waals surface area contributed by atoms with Gasteiger partial charge in [-0.25, -0.2) is 4.98 Å². The number of carbonyl (C=O) groups excluding carboxylic acids is 1. The molecule has 180 valence electrons. The molecular weight excluding hydrogens is 422 g/mol. The maximum Gasteiger partial charge on any atom is 0.305 e. The zero-order valence-electron chi connectivity index (χ0n) is 20.3. The normalized spacial score (nSPS) is 11.3. The summed E-state index contributed by atoms with van der Waals surface area (Å²) in [5.74, 6) is 3.03. The molecule has 0 aliphatic rings. The van der Waals surface area contributed by atoms with E-state index in [-0.39, 0.29) is 5.97 Å². The number of carbonyl (C=O) groups is 1. The van der Waals surface area contributed by atoms with Crippen LogP contribution in [0.1, 0.15) is 59.2 Å². The van der Waals surface area contributed by atoms with E-state index in [1.807, 2.05) is 51.2 Å². The number of fused-ring (bicyclic) bond motifs is 3. The van der Waals surface area contributed by atoms with Crippen LogP contribution in [-0.4, -0.2) is 51.9 Å². The van der Waals surface area contributed by atoms with Gasteiger partial charge in [0.15, 0.2) is 17.3 Å². The van der Waals surface area contributed by atoms with Gasteiger partial charge in [-0.05, 0) is 39.5 Å². The number of unbranched alkanes of at least 4 members (excludes halogenated alkanes) is 2. The van der Waals surface area contributed by atoms with Crippen molar-refractivity contribution in [2.75, 3.05) is 31.7 Å². The monoisotopic (exact) mass is 457 g/mol. The van der Waals surface area contributed by atoms with E-state index in [4.69, 9.17) is 19.2 Å². The number of nitrogens with zero attached hydrogens (tertiary/aromatic N) is 4. The van der Waals surface area contributed by atoms with E-state index in [1.54, 1.807) is 0 Å². The molecule has 0 radical (unpaired) electrons. The molecule has 9 nitrogen and oxygen atoms in total. The van der Waals surface area contributed by atoms with Gasteiger partial charge in [0.2, 0.25) is 5.65 Å². The number of hydrogen-bond acceptors (Lipinski definition) is 8. The Morgan fingerprint density at radius 3 is 2.48 bits per heavy atom. The summed E-state index contributed by atoms with van der Waals surface area (Å²) in [6, 6.07) is 3.83. The van der Waals surface area contributed by atoms with Crippen molar-refractivity contribution in [3.05, 3.63) is 18.0 Å². The molecule has 2 heterocycles. The molecular formula is C24H35N5O4. The summed E-state index contributed by atoms with van der Waals surface area (Å²) in [4.78, 5) is 16.5. The molecule has 1 N–H and O–H groups in total. The van der Waals surface area contributed by atoms with E-state index in [9.17, 15) is 4.79 Å². The molecule has 0 aliphatic heterocycles. The average molecular weight is 458 g/mol. The molecule has 0 aliphatic carbocycles. The van der Waals surface area contributed by atoms with Crippen LogP contribution in [0, 0.1) is 12.8 Å². The van der Waals surface area contributed by atoms with Gasteiger partial charge in [-0.1, -0.05) is 20.3 Å². The van der Waals surface area contributed by atoms with Gasteiger partial charge in [-0.15, -0.1) is 10.2 Å². The number of aromatic nitrogens is 4. The molecule has 0 saturated carbocycles. The minimum Gasteiger partial charge on any atom is -0.490 e. The van der Waals surface area contributed by atoms with E-state index in [0.717, 1.165) is 42.7 Å². The summed E-state index contributed by atoms with van der Waals surface area (Å²) in [5, 5.41) is 12.0. The third kappa shape index (κ3) is 6.24. The fourth-order valence-corrected chi connectivity index (χ4v) is 3.55. The van der Waals surface area contributed by atoms with Crippen molar-refractivity contribution < 1.29 is 19.0 Å². The Morgan fingerprint density at radius 1 is 1.06 bits per heavy atom. The van der Waals surface area contributed by atoms with Crippen molar-refractivity contribution in [3.8, 4) is 11.5 Å². The molecule has 9 heteroatoms. The summed E-state index contributed by atoms with van der Waals surface area (Å²) >= 11 is 0. The van der Waals surface area contributed by atoms with Crippen LogP contribution in [0.2, 0.25) is 0 Å². The van der Waals surface area contributed by atoms with Gasteiger partial charge in [0, 0.05) is 25.1 Å². The van der Waals surface area contributed by atoms with Crippen LogP contribution in [0.4, 0.5) is 5.82 Å². The molecule has 0 spiro atoms. The Labute approximate surface area is 194 Å². The van der Waals surface area contributed by atoms with Crippen molar-refractivity contribution in [2.45, 2.75) is 60.3 Å². The number of benzene rings is 1. The zero-order chi connectivity index (χ0) is 23.8. The largest absolute Gasteiger partial charge is 0.490 e. The topological polar surface area (TPSA) is 99.9 Å². The molecule has 1 aromatic carbocycles. The quantitative estimate of drug-likeness (QED) is 0.295. The zero-order valence-corrected chi connectivity index (χ0v) is 20.3. The lowest BCUT2D eigenvalue weighted by molar-refractivity contribution is -0.144. The van der Waals surface area contributed by atoms with Gasteiger partial charge in [0.25, 0.3) is 0 Å². The predicted molar refractivity (Wildman–Crippen MR) is 128 cm³/mol. The summed E-state index contributed by atoms with van der Waals surface area (Å²) in [5.41, 5.74) is 2.31. The van der Waals surface area contributed by atoms with E-state index >= 15 is 0 Å². The van der Waals surface area contributed by atoms with E-state index in [1.165, 1.54) is 0 Å². The molecule has 0 fully saturated rings. The minimum absolute atomic E-state index is 0.120. The Balaban J connectivity index is 1.70. The van der Waals surface area contributed by atoms with E-state index in [0.29, 0.717) is 55.1 Å². The van der Waals surface area contributed by atoms with Crippen LogP contribution in [0.3, 0.4) is 0 Å². The summed E-state index contributed by atoms with van der Waals surface area (Å²) in [6.45, 7) is 12.1. The predicted octanol–water partition coefficient (Wildman–Crippen LogP) is 4.55. The van der Waals surface area contributed by atoms with Gasteiger partial charge in [-0.2, -0.15) is 0 Å². The number of nitrogens with one attached hydrogen (secondary N) is 1. The van der Waals surface area contributed by atoms with Crippen molar-refractivity contribution in [2.24, 2.45) is 5.92 Å². The van der Waals surface area contributed by atoms with Crippen LogP contribution in [0.5, 0.6) is 11.5 Å². The van der Waals surface area contributed by atoms with E-state index in [2.05, 4.69) is 15.5 Å². The standard InChI is InChI=1S/C24H35N5O4/c1-6-31-20-13-18-19(14-21(20)32-7-2)29-17(5)27-28-24(29)23(26-18)25-12-10-8-9-11-22(30)33-15-16(3)4/h13-14,16H,6-12,15H2,1-5H3,(H,25,26). The summed E-state index contributed by atoms with van der Waals surface area (Å²) in [7, 11) is 0. The van der Waals surface area contributed by atoms with Crippen LogP contribution in [0.25, 0.3) is 16.7 Å². The third-order valence-corrected chi connectivity index (χ3v) is 5.08. The molecule has 0 unspecified atom stereocenters. The smallest absolute Gasteiger partial charge is 0.305 e. The molecule has 0 atom stereocenters. The number of hydrogen-bond donors (Lipinski definition) is 1. The second-order valence-corrected chi connectivity index (χ2v) is 8.33. The lowest BCUT2D eigenvalue weighted by Gasteiger charge is -2.14. The first kappa shape index (κ1) is 24.5. The van der Waals surface area contributed by atoms with Gasteiger partial charge in [0.05, 0.1) is 30.9 Å². The molecule has 0 bridgehead atoms. The molecule has 33 heavy (non-hydrogen) atoms. The minimum atomic E-state index is -0.120. The Kier molecular flexibility index (Phi) is 8.68. The number of rotatable bonds is 13. The van der Waals surface area contributed by atoms with Crippen molar-refractivity contribution in [1.82, 2.24) is 19.6 Å². The van der Waals surface area contributed by atoms with Gasteiger partial charge >= 0.3 is 5.97 Å². The lowest BCUT2D eigenvalue weighted by atomic mass is 10.2. The van der Waals surface area contributed by atoms with Gasteiger partial charge in [0.1, 0.15) is 5.82 Å². The molecule has 3 aromatic rings. The Bertz CT molecular complexity index is 1080. The third-order valence-electron chi connectivity index (χ3n) is 5.08. The maximum atomic E-state index is 11.7. The average Bonchev–Trinajstić information content (AvgIpc) is 3.17. The van der Waals surface area contributed by atoms with Crippen LogP contribution in [-0.2, 0) is 9.53 Å². The Hall–Kier alpha value is -3.10. The van der Waals surface area contributed by atoms with Crippen LogP contribution in [0.15, 0.2) is 12.1 Å². The summed E-state index contributed by atoms with van der Waals surface area (Å²) < 4.78 is 18.8. The lowest BCUT2D eigenvalue weighted by Crippen LogP contribution is -2.10. The van der Waals surface area contributed by atoms with Gasteiger partial charge in [-0.3, -0.25) is 9.20 Å². The fraction of sp³-hybridized carbons (Fsp3) is 0.583. The highest BCUT2D eigenvalue weighted by Gasteiger charge is 2.16. The molecule has 0 saturated heterocycles. The highest BCUT2D eigenvalue weighted by atomic mass is 16.5. The number of anilines is 1. The maximum absolute atomic E-state index is 11.7. The highest BCUT2D eigenvalue weighted by Crippen LogP contribution is 2.34. The Morgan fingerprint density at radius 2 is 1.79 bits per heavy atom. The van der Waals surface area contributed by atoms with Crippen molar-refractivity contribution in [1.29, 1.82) is 0 Å². The fourth-order valence-electron chi connectivity index (χ4n) is 3.55. The second-order valence-electron chi connectivity index (χ2n) is 8.33. The molecule has 3 rings (SSSR count). The van der Waals surface area contributed by atoms with Crippen molar-refractivity contribution in [3.63, 3.8) is 0 Å². The second kappa shape index (κ2) is 11.7. The first-order valence-corrected chi connectivity index (χ1v) is 11.8.